The van der Waals surface area contributed by atoms with Crippen molar-refractivity contribution >= 4 is 0 Å². The van der Waals surface area contributed by atoms with E-state index in [1.54, 1.807) is 12.1 Å². The lowest BCUT2D eigenvalue weighted by Gasteiger charge is -2.47. The minimum Gasteiger partial charge on any atom is -0.507 e. The molecule has 39 heavy (non-hydrogen) atoms. The van der Waals surface area contributed by atoms with E-state index in [0.717, 1.165) is 5.56 Å². The molecule has 4 atom stereocenters. The second-order valence-corrected chi connectivity index (χ2v) is 10.1. The molecule has 6 N–H and O–H groups in total. The third-order valence-corrected chi connectivity index (χ3v) is 7.78. The molecule has 9 nitrogen and oxygen atoms in total. The number of para-hydroxylation sites is 1. The van der Waals surface area contributed by atoms with Gasteiger partial charge in [-0.15, -0.1) is 0 Å². The lowest BCUT2D eigenvalue weighted by molar-refractivity contribution is -0.149. The second-order valence-electron chi connectivity index (χ2n) is 10.1. The Kier molecular flexibility index (Phi) is 4.86. The van der Waals surface area contributed by atoms with Gasteiger partial charge in [-0.1, -0.05) is 24.3 Å². The zero-order valence-corrected chi connectivity index (χ0v) is 20.4. The van der Waals surface area contributed by atoms with E-state index >= 15 is 0 Å². The van der Waals surface area contributed by atoms with Gasteiger partial charge in [0.1, 0.15) is 29.1 Å². The van der Waals surface area contributed by atoms with Gasteiger partial charge in [-0.3, -0.25) is 0 Å². The molecule has 0 unspecified atom stereocenters. The normalized spacial score (nSPS) is 24.3. The Balaban J connectivity index is 1.41. The number of ether oxygens (including phenoxy) is 3. The van der Waals surface area contributed by atoms with E-state index in [1.807, 2.05) is 24.3 Å². The van der Waals surface area contributed by atoms with Crippen LogP contribution in [-0.2, 0) is 12.2 Å². The number of benzene rings is 4. The summed E-state index contributed by atoms with van der Waals surface area (Å²) in [5.41, 5.74) is 2.93. The number of rotatable bonds is 2. The fraction of sp³-hybridized carbons (Fsp3) is 0.200. The van der Waals surface area contributed by atoms with Crippen LogP contribution in [0.25, 0.3) is 0 Å². The standard InChI is InChI=1S/C30H24O9/c31-19-7-5-14(9-22(19)34)28-24(36)11-17-21(33)12-26-27(29(17)37-28)18-13-30(39-26,15-6-8-20(32)23(35)10-15)38-25-4-2-1-3-16(18)25/h1-10,12,18,24,28,31-36H,11,13H2/t18-,24-,28+,30-/m1/s1. The fourth-order valence-electron chi connectivity index (χ4n) is 5.91. The Labute approximate surface area is 222 Å². The van der Waals surface area contributed by atoms with Gasteiger partial charge in [0.15, 0.2) is 23.0 Å². The SMILES string of the molecule is Oc1ccc([C@@H]2Oc3c(c(O)cc4c3[C@@H]3C[C@@](c5ccc(O)c(O)c5)(Oc5ccccc53)O4)C[C@H]2O)cc1O. The highest BCUT2D eigenvalue weighted by atomic mass is 16.7. The molecule has 0 aliphatic carbocycles. The van der Waals surface area contributed by atoms with Crippen molar-refractivity contribution in [2.45, 2.75) is 36.8 Å². The molecule has 4 aromatic carbocycles. The molecule has 7 rings (SSSR count). The molecule has 9 heteroatoms. The first kappa shape index (κ1) is 23.4. The van der Waals surface area contributed by atoms with Gasteiger partial charge in [-0.25, -0.2) is 0 Å². The summed E-state index contributed by atoms with van der Waals surface area (Å²) in [5, 5.41) is 61.9. The molecule has 0 radical (unpaired) electrons. The van der Waals surface area contributed by atoms with Gasteiger partial charge >= 0.3 is 0 Å². The van der Waals surface area contributed by atoms with Crippen molar-refractivity contribution in [2.75, 3.05) is 0 Å². The highest BCUT2D eigenvalue weighted by molar-refractivity contribution is 5.65. The van der Waals surface area contributed by atoms with E-state index in [9.17, 15) is 30.6 Å². The van der Waals surface area contributed by atoms with Crippen molar-refractivity contribution in [3.8, 4) is 46.0 Å². The van der Waals surface area contributed by atoms with Crippen LogP contribution in [0, 0.1) is 0 Å². The Morgan fingerprint density at radius 3 is 2.21 bits per heavy atom. The van der Waals surface area contributed by atoms with Crippen LogP contribution in [-0.4, -0.2) is 36.7 Å². The number of phenols is 5. The van der Waals surface area contributed by atoms with Gasteiger partial charge in [-0.2, -0.15) is 0 Å². The first-order valence-corrected chi connectivity index (χ1v) is 12.5. The maximum absolute atomic E-state index is 11.0. The average Bonchev–Trinajstić information content (AvgIpc) is 2.91. The van der Waals surface area contributed by atoms with Gasteiger partial charge in [-0.05, 0) is 42.0 Å². The van der Waals surface area contributed by atoms with Crippen molar-refractivity contribution in [1.29, 1.82) is 0 Å². The van der Waals surface area contributed by atoms with Crippen molar-refractivity contribution in [3.05, 3.63) is 94.5 Å². The lowest BCUT2D eigenvalue weighted by Crippen LogP contribution is -2.47. The summed E-state index contributed by atoms with van der Waals surface area (Å²) >= 11 is 0. The van der Waals surface area contributed by atoms with Gasteiger partial charge in [0.05, 0.1) is 6.10 Å². The summed E-state index contributed by atoms with van der Waals surface area (Å²) in [6, 6.07) is 17.6. The van der Waals surface area contributed by atoms with E-state index in [2.05, 4.69) is 0 Å². The predicted octanol–water partition coefficient (Wildman–Crippen LogP) is 4.41. The lowest BCUT2D eigenvalue weighted by atomic mass is 9.76. The van der Waals surface area contributed by atoms with Crippen LogP contribution in [0.5, 0.6) is 46.0 Å². The van der Waals surface area contributed by atoms with Gasteiger partial charge in [0.2, 0.25) is 0 Å². The van der Waals surface area contributed by atoms with Gasteiger partial charge in [0.25, 0.3) is 5.79 Å². The molecule has 0 saturated carbocycles. The predicted molar refractivity (Wildman–Crippen MR) is 137 cm³/mol. The molecule has 4 aromatic rings. The number of aliphatic hydroxyl groups excluding tert-OH is 1. The topological polar surface area (TPSA) is 149 Å². The molecule has 3 heterocycles. The Hall–Kier alpha value is -4.76. The van der Waals surface area contributed by atoms with Crippen molar-refractivity contribution in [1.82, 2.24) is 0 Å². The van der Waals surface area contributed by atoms with E-state index in [-0.39, 0.29) is 41.1 Å². The Bertz CT molecular complexity index is 1650. The van der Waals surface area contributed by atoms with E-state index < -0.39 is 18.0 Å². The molecule has 3 aliphatic rings. The summed E-state index contributed by atoms with van der Waals surface area (Å²) < 4.78 is 19.3. The number of phenolic OH excluding ortho intramolecular Hbond substituents is 5. The molecule has 0 spiro atoms. The van der Waals surface area contributed by atoms with Crippen LogP contribution in [0.15, 0.2) is 66.7 Å². The van der Waals surface area contributed by atoms with Crippen LogP contribution in [0.4, 0.5) is 0 Å². The van der Waals surface area contributed by atoms with Crippen molar-refractivity contribution < 1.29 is 44.8 Å². The number of hydrogen-bond acceptors (Lipinski definition) is 9. The van der Waals surface area contributed by atoms with Gasteiger partial charge < -0.3 is 44.8 Å². The summed E-state index contributed by atoms with van der Waals surface area (Å²) in [5.74, 6) is -1.76. The van der Waals surface area contributed by atoms with Crippen LogP contribution in [0.2, 0.25) is 0 Å². The molecule has 198 valence electrons. The molecular weight excluding hydrogens is 504 g/mol. The van der Waals surface area contributed by atoms with E-state index in [1.165, 1.54) is 30.3 Å². The van der Waals surface area contributed by atoms with Crippen molar-refractivity contribution in [3.63, 3.8) is 0 Å². The molecule has 0 amide bonds. The zero-order chi connectivity index (χ0) is 27.1. The average molecular weight is 529 g/mol. The first-order chi connectivity index (χ1) is 18.7. The molecule has 3 aliphatic heterocycles. The monoisotopic (exact) mass is 528 g/mol. The van der Waals surface area contributed by atoms with Crippen molar-refractivity contribution in [2.24, 2.45) is 0 Å². The van der Waals surface area contributed by atoms with Crippen LogP contribution >= 0.6 is 0 Å². The van der Waals surface area contributed by atoms with Crippen LogP contribution in [0.3, 0.4) is 0 Å². The third-order valence-electron chi connectivity index (χ3n) is 7.78. The Morgan fingerprint density at radius 2 is 1.44 bits per heavy atom. The summed E-state index contributed by atoms with van der Waals surface area (Å²) in [6.45, 7) is 0. The van der Waals surface area contributed by atoms with Gasteiger partial charge in [0, 0.05) is 47.1 Å². The smallest absolute Gasteiger partial charge is 0.279 e. The number of fused-ring (bicyclic) bond motifs is 8. The largest absolute Gasteiger partial charge is 0.507 e. The fourth-order valence-corrected chi connectivity index (χ4v) is 5.91. The third kappa shape index (κ3) is 3.43. The molecule has 0 saturated heterocycles. The molecule has 0 aromatic heterocycles. The maximum atomic E-state index is 11.0. The van der Waals surface area contributed by atoms with Crippen LogP contribution in [0.1, 0.15) is 46.3 Å². The molecular formula is C30H24O9. The summed E-state index contributed by atoms with van der Waals surface area (Å²) in [7, 11) is 0. The summed E-state index contributed by atoms with van der Waals surface area (Å²) in [6.07, 6.45) is -1.53. The number of hydrogen-bond donors (Lipinski definition) is 6. The molecule has 2 bridgehead atoms. The number of aromatic hydroxyl groups is 5. The molecule has 0 fully saturated rings. The highest BCUT2D eigenvalue weighted by Crippen LogP contribution is 2.60. The zero-order valence-electron chi connectivity index (χ0n) is 20.4. The first-order valence-electron chi connectivity index (χ1n) is 12.5. The minimum absolute atomic E-state index is 0.0859. The maximum Gasteiger partial charge on any atom is 0.279 e. The highest BCUT2D eigenvalue weighted by Gasteiger charge is 2.52. The minimum atomic E-state index is -1.37. The van der Waals surface area contributed by atoms with E-state index in [4.69, 9.17) is 14.2 Å². The Morgan fingerprint density at radius 1 is 0.718 bits per heavy atom. The second kappa shape index (κ2) is 8.12. The van der Waals surface area contributed by atoms with Crippen LogP contribution < -0.4 is 14.2 Å². The quantitative estimate of drug-likeness (QED) is 0.208. The van der Waals surface area contributed by atoms with E-state index in [0.29, 0.717) is 45.9 Å². The summed E-state index contributed by atoms with van der Waals surface area (Å²) in [4.78, 5) is 0. The number of aliphatic hydroxyl groups is 1.